The first-order chi connectivity index (χ1) is 63.0. The van der Waals surface area contributed by atoms with Crippen molar-refractivity contribution in [2.75, 3.05) is 34.4 Å². The van der Waals surface area contributed by atoms with E-state index in [2.05, 4.69) is 224 Å². The standard InChI is InChI=1S/6C17H17N.6FH2O2P/c6*1-14(16-12-5-6-13-17(16)18)8-7-11-15-9-3-2-4-10-15;6*1-4(2)3/h6*2-13H,18H2,1H3;6*4H,(H,2,3)/b6*11-7+,14-8-;;;;;;. The Morgan fingerprint density at radius 1 is 0.189 bits per heavy atom. The summed E-state index contributed by atoms with van der Waals surface area (Å²) in [7, 11) is -21.8. The molecule has 6 atom stereocenters. The van der Waals surface area contributed by atoms with Crippen molar-refractivity contribution in [3.05, 3.63) is 467 Å². The van der Waals surface area contributed by atoms with Gasteiger partial charge in [-0.1, -0.05) is 401 Å². The lowest BCUT2D eigenvalue weighted by Gasteiger charge is -2.04. The number of hydrogen-bond acceptors (Lipinski definition) is 12. The Hall–Kier alpha value is -13.0. The van der Waals surface area contributed by atoms with E-state index in [1.165, 1.54) is 66.8 Å². The molecule has 0 spiro atoms. The molecule has 6 unspecified atom stereocenters. The maximum absolute atomic E-state index is 10.1. The van der Waals surface area contributed by atoms with Crippen molar-refractivity contribution in [1.29, 1.82) is 0 Å². The first-order valence-corrected chi connectivity index (χ1v) is 47.2. The summed E-state index contributed by atoms with van der Waals surface area (Å²) >= 11 is 0. The fourth-order valence-electron chi connectivity index (χ4n) is 10.9. The highest BCUT2D eigenvalue weighted by Gasteiger charge is 2.04. The topological polar surface area (TPSA) is 380 Å². The highest BCUT2D eigenvalue weighted by molar-refractivity contribution is 7.32. The second-order valence-corrected chi connectivity index (χ2v) is 29.8. The minimum Gasteiger partial charge on any atom is -0.398 e. The lowest BCUT2D eigenvalue weighted by atomic mass is 10.0. The molecule has 12 rings (SSSR count). The number of nitrogens with two attached hydrogens (primary N) is 6. The fraction of sp³-hybridized carbons (Fsp3) is 0.0588. The van der Waals surface area contributed by atoms with Gasteiger partial charge >= 0.3 is 50.0 Å². The number of halogens is 6. The van der Waals surface area contributed by atoms with Crippen LogP contribution in [0.2, 0.25) is 0 Å². The van der Waals surface area contributed by atoms with Gasteiger partial charge in [-0.3, -0.25) is 27.4 Å². The first-order valence-electron chi connectivity index (χ1n) is 39.8. The molecular formula is C102H114F6N6O12P6. The van der Waals surface area contributed by atoms with Gasteiger partial charge in [0.05, 0.1) is 0 Å². The molecule has 30 heteroatoms. The summed E-state index contributed by atoms with van der Waals surface area (Å²) in [5.41, 5.74) is 61.3. The Morgan fingerprint density at radius 2 is 0.280 bits per heavy atom. The zero-order valence-electron chi connectivity index (χ0n) is 73.4. The third-order valence-electron chi connectivity index (χ3n) is 16.9. The molecule has 0 aliphatic carbocycles. The van der Waals surface area contributed by atoms with Crippen LogP contribution in [-0.4, -0.2) is 29.4 Å². The molecule has 696 valence electrons. The minimum atomic E-state index is -3.63. The Morgan fingerprint density at radius 3 is 0.379 bits per heavy atom. The van der Waals surface area contributed by atoms with Gasteiger partial charge in [0, 0.05) is 67.5 Å². The number of para-hydroxylation sites is 6. The molecular weight excluding hydrogens is 1800 g/mol. The van der Waals surface area contributed by atoms with Crippen molar-refractivity contribution in [2.45, 2.75) is 41.5 Å². The van der Waals surface area contributed by atoms with Gasteiger partial charge in [-0.2, -0.15) is 25.2 Å². The molecule has 0 aliphatic rings. The van der Waals surface area contributed by atoms with Gasteiger partial charge in [0.2, 0.25) is 0 Å². The average Bonchev–Trinajstić information content (AvgIpc) is 0.898. The van der Waals surface area contributed by atoms with Gasteiger partial charge in [-0.15, -0.1) is 0 Å². The number of rotatable bonds is 18. The molecule has 12 aromatic carbocycles. The Bertz CT molecular complexity index is 4920. The summed E-state index contributed by atoms with van der Waals surface area (Å²) in [6, 6.07) is 109. The van der Waals surface area contributed by atoms with Gasteiger partial charge in [-0.25, -0.2) is 0 Å². The summed E-state index contributed by atoms with van der Waals surface area (Å²) in [5, 5.41) is 0. The van der Waals surface area contributed by atoms with E-state index in [4.69, 9.17) is 91.2 Å². The fourth-order valence-corrected chi connectivity index (χ4v) is 10.9. The van der Waals surface area contributed by atoms with Crippen LogP contribution in [0.5, 0.6) is 0 Å². The van der Waals surface area contributed by atoms with Crippen LogP contribution in [-0.2, 0) is 27.4 Å². The quantitative estimate of drug-likeness (QED) is 0.0164. The van der Waals surface area contributed by atoms with Crippen molar-refractivity contribution in [2.24, 2.45) is 0 Å². The molecule has 0 saturated carbocycles. The van der Waals surface area contributed by atoms with E-state index in [0.717, 1.165) is 67.5 Å². The normalized spacial score (nSPS) is 12.6. The second-order valence-electron chi connectivity index (χ2n) is 26.8. The van der Waals surface area contributed by atoms with Crippen molar-refractivity contribution < 1.29 is 81.9 Å². The molecule has 132 heavy (non-hydrogen) atoms. The number of nitrogen functional groups attached to an aromatic ring is 6. The third kappa shape index (κ3) is 60.8. The van der Waals surface area contributed by atoms with Gasteiger partial charge in [0.15, 0.2) is 0 Å². The van der Waals surface area contributed by atoms with Gasteiger partial charge < -0.3 is 63.8 Å². The Labute approximate surface area is 774 Å². The third-order valence-corrected chi connectivity index (χ3v) is 16.9. The predicted molar refractivity (Wildman–Crippen MR) is 554 cm³/mol. The molecule has 0 aromatic heterocycles. The van der Waals surface area contributed by atoms with E-state index in [1.807, 2.05) is 255 Å². The van der Waals surface area contributed by atoms with E-state index in [-0.39, 0.29) is 0 Å². The van der Waals surface area contributed by atoms with Crippen molar-refractivity contribution in [3.8, 4) is 0 Å². The Kier molecular flexibility index (Phi) is 64.5. The van der Waals surface area contributed by atoms with E-state index < -0.39 is 50.0 Å². The number of allylic oxidation sites excluding steroid dienone is 18. The van der Waals surface area contributed by atoms with Crippen LogP contribution < -0.4 is 34.4 Å². The van der Waals surface area contributed by atoms with Crippen molar-refractivity contribution >= 4 is 154 Å². The van der Waals surface area contributed by atoms with Crippen LogP contribution in [0.3, 0.4) is 0 Å². The van der Waals surface area contributed by atoms with E-state index in [9.17, 15) is 25.2 Å². The number of benzene rings is 12. The minimum absolute atomic E-state index is 0.819. The number of anilines is 6. The van der Waals surface area contributed by atoms with Gasteiger partial charge in [0.25, 0.3) is 0 Å². The summed E-state index contributed by atoms with van der Waals surface area (Å²) in [6.07, 6.45) is 37.3. The summed E-state index contributed by atoms with van der Waals surface area (Å²) < 4.78 is 112. The summed E-state index contributed by atoms with van der Waals surface area (Å²) in [5.74, 6) is 0. The molecule has 0 aliphatic heterocycles. The summed E-state index contributed by atoms with van der Waals surface area (Å²) in [4.78, 5) is 41.6. The SMILES string of the molecule is C/C(=C/C=C/c1ccccc1)c1ccccc1N.C/C(=C/C=C/c1ccccc1)c1ccccc1N.C/C(=C/C=C/c1ccccc1)c1ccccc1N.C/C(=C/C=C/c1ccccc1)c1ccccc1N.C/C(=C/C=C/c1ccccc1)c1ccccc1N.C/C(=C/C=C/c1ccccc1)c1ccccc1N.O=[PH](O)F.O=[PH](O)F.O=[PH](O)F.O=[PH](O)F.O=[PH](O)F.O=[PH](O)F. The molecule has 0 fully saturated rings. The molecule has 12 aromatic rings. The average molecular weight is 1920 g/mol. The number of hydrogen-bond donors (Lipinski definition) is 12. The molecule has 0 heterocycles. The van der Waals surface area contributed by atoms with Gasteiger partial charge in [0.1, 0.15) is 0 Å². The van der Waals surface area contributed by atoms with Crippen LogP contribution in [0.1, 0.15) is 108 Å². The largest absolute Gasteiger partial charge is 0.398 e. The van der Waals surface area contributed by atoms with Crippen molar-refractivity contribution in [1.82, 2.24) is 0 Å². The van der Waals surface area contributed by atoms with E-state index in [0.29, 0.717) is 0 Å². The first kappa shape index (κ1) is 117. The van der Waals surface area contributed by atoms with Crippen LogP contribution in [0, 0.1) is 0 Å². The Balaban J connectivity index is 0.000000753. The van der Waals surface area contributed by atoms with E-state index in [1.54, 1.807) is 0 Å². The highest BCUT2D eigenvalue weighted by Crippen LogP contribution is 2.27. The molecule has 0 saturated heterocycles. The van der Waals surface area contributed by atoms with Crippen molar-refractivity contribution in [3.63, 3.8) is 0 Å². The zero-order chi connectivity index (χ0) is 98.2. The lowest BCUT2D eigenvalue weighted by Crippen LogP contribution is -1.90. The van der Waals surface area contributed by atoms with Crippen LogP contribution >= 0.6 is 50.0 Å². The van der Waals surface area contributed by atoms with Crippen LogP contribution in [0.4, 0.5) is 59.3 Å². The molecule has 0 amide bonds. The summed E-state index contributed by atoms with van der Waals surface area (Å²) in [6.45, 7) is 12.4. The smallest absolute Gasteiger partial charge is 0.353 e. The molecule has 18 N–H and O–H groups in total. The monoisotopic (exact) mass is 1910 g/mol. The molecule has 0 radical (unpaired) electrons. The van der Waals surface area contributed by atoms with Gasteiger partial charge in [-0.05, 0) is 145 Å². The van der Waals surface area contributed by atoms with Crippen LogP contribution in [0.15, 0.2) is 400 Å². The second kappa shape index (κ2) is 72.8. The molecule has 0 bridgehead atoms. The maximum Gasteiger partial charge on any atom is 0.353 e. The van der Waals surface area contributed by atoms with E-state index >= 15 is 0 Å². The zero-order valence-corrected chi connectivity index (χ0v) is 79.4. The highest BCUT2D eigenvalue weighted by atomic mass is 31.2. The lowest BCUT2D eigenvalue weighted by molar-refractivity contribution is 0.458. The van der Waals surface area contributed by atoms with Crippen LogP contribution in [0.25, 0.3) is 69.9 Å². The maximum atomic E-state index is 10.1. The molecule has 18 nitrogen and oxygen atoms in total. The predicted octanol–water partition coefficient (Wildman–Crippen LogP) is 28.3.